The first-order chi connectivity index (χ1) is 16.0. The molecule has 1 fully saturated rings. The summed E-state index contributed by atoms with van der Waals surface area (Å²) in [5.41, 5.74) is 2.21. The fraction of sp³-hybridized carbons (Fsp3) is 0.417. The fourth-order valence-electron chi connectivity index (χ4n) is 4.05. The average Bonchev–Trinajstić information content (AvgIpc) is 3.45. The summed E-state index contributed by atoms with van der Waals surface area (Å²) in [5, 5.41) is 15.6. The van der Waals surface area contributed by atoms with Crippen molar-refractivity contribution >= 4 is 10.9 Å². The number of benzene rings is 1. The zero-order valence-corrected chi connectivity index (χ0v) is 19.0. The van der Waals surface area contributed by atoms with Crippen LogP contribution in [0.2, 0.25) is 0 Å². The van der Waals surface area contributed by atoms with Crippen LogP contribution < -0.4 is 4.74 Å². The van der Waals surface area contributed by atoms with Gasteiger partial charge in [0.15, 0.2) is 12.1 Å². The summed E-state index contributed by atoms with van der Waals surface area (Å²) in [7, 11) is 0. The minimum Gasteiger partial charge on any atom is -0.491 e. The van der Waals surface area contributed by atoms with Crippen LogP contribution in [0.4, 0.5) is 0 Å². The third-order valence-electron chi connectivity index (χ3n) is 5.63. The Labute approximate surface area is 192 Å². The topological polar surface area (TPSA) is 100 Å². The van der Waals surface area contributed by atoms with Crippen LogP contribution in [0.1, 0.15) is 58.1 Å². The molecule has 0 amide bonds. The Hall–Kier alpha value is -3.30. The Balaban J connectivity index is 1.61. The molecule has 3 aromatic heterocycles. The second-order valence-corrected chi connectivity index (χ2v) is 8.58. The Morgan fingerprint density at radius 1 is 1.15 bits per heavy atom. The van der Waals surface area contributed by atoms with Crippen LogP contribution in [-0.4, -0.2) is 47.1 Å². The molecule has 1 saturated heterocycles. The van der Waals surface area contributed by atoms with Gasteiger partial charge >= 0.3 is 0 Å². The maximum atomic E-state index is 9.80. The van der Waals surface area contributed by atoms with Gasteiger partial charge in [-0.3, -0.25) is 4.57 Å². The third kappa shape index (κ3) is 4.34. The molecule has 0 radical (unpaired) electrons. The van der Waals surface area contributed by atoms with E-state index >= 15 is 0 Å². The van der Waals surface area contributed by atoms with E-state index in [0.717, 1.165) is 42.5 Å². The highest BCUT2D eigenvalue weighted by molar-refractivity contribution is 5.92. The highest BCUT2D eigenvalue weighted by Crippen LogP contribution is 2.34. The highest BCUT2D eigenvalue weighted by atomic mass is 16.5. The van der Waals surface area contributed by atoms with E-state index in [2.05, 4.69) is 9.97 Å². The number of fused-ring (bicyclic) bond motifs is 1. The average molecular weight is 449 g/mol. The van der Waals surface area contributed by atoms with E-state index in [9.17, 15) is 5.11 Å². The first kappa shape index (κ1) is 21.5. The summed E-state index contributed by atoms with van der Waals surface area (Å²) in [6.45, 7) is 6.42. The zero-order chi connectivity index (χ0) is 22.9. The molecule has 9 heteroatoms. The van der Waals surface area contributed by atoms with Gasteiger partial charge in [-0.15, -0.1) is 0 Å². The van der Waals surface area contributed by atoms with Crippen molar-refractivity contribution in [1.82, 2.24) is 29.3 Å². The van der Waals surface area contributed by atoms with Crippen LogP contribution >= 0.6 is 0 Å². The van der Waals surface area contributed by atoms with E-state index < -0.39 is 6.10 Å². The summed E-state index contributed by atoms with van der Waals surface area (Å²) in [6.07, 6.45) is 7.49. The van der Waals surface area contributed by atoms with Gasteiger partial charge in [-0.05, 0) is 64.3 Å². The summed E-state index contributed by atoms with van der Waals surface area (Å²) in [5.74, 6) is 1.92. The van der Waals surface area contributed by atoms with Crippen molar-refractivity contribution in [2.45, 2.75) is 58.5 Å². The summed E-state index contributed by atoms with van der Waals surface area (Å²) in [6, 6.07) is 7.78. The van der Waals surface area contributed by atoms with Gasteiger partial charge in [-0.2, -0.15) is 5.10 Å². The second kappa shape index (κ2) is 8.92. The van der Waals surface area contributed by atoms with Crippen molar-refractivity contribution in [1.29, 1.82) is 0 Å². The molecule has 1 aromatic carbocycles. The van der Waals surface area contributed by atoms with Gasteiger partial charge in [-0.25, -0.2) is 19.6 Å². The lowest BCUT2D eigenvalue weighted by Gasteiger charge is -2.23. The highest BCUT2D eigenvalue weighted by Gasteiger charge is 2.23. The van der Waals surface area contributed by atoms with E-state index in [1.165, 1.54) is 0 Å². The zero-order valence-electron chi connectivity index (χ0n) is 19.0. The van der Waals surface area contributed by atoms with E-state index in [-0.39, 0.29) is 12.3 Å². The Morgan fingerprint density at radius 2 is 2.03 bits per heavy atom. The molecule has 4 heterocycles. The maximum Gasteiger partial charge on any atom is 0.182 e. The van der Waals surface area contributed by atoms with Gasteiger partial charge in [0.05, 0.1) is 23.4 Å². The molecule has 33 heavy (non-hydrogen) atoms. The summed E-state index contributed by atoms with van der Waals surface area (Å²) >= 11 is 0. The van der Waals surface area contributed by atoms with Crippen molar-refractivity contribution in [2.75, 3.05) is 6.61 Å². The molecule has 4 aromatic rings. The summed E-state index contributed by atoms with van der Waals surface area (Å²) < 4.78 is 15.7. The normalized spacial score (nSPS) is 17.5. The molecule has 5 rings (SSSR count). The van der Waals surface area contributed by atoms with Gasteiger partial charge < -0.3 is 14.6 Å². The summed E-state index contributed by atoms with van der Waals surface area (Å²) in [4.78, 5) is 13.5. The molecule has 0 bridgehead atoms. The number of imidazole rings is 1. The fourth-order valence-corrected chi connectivity index (χ4v) is 4.05. The standard InChI is InChI=1S/C24H28N6O3/c1-15(2)33-17-7-8-20-18(12-17)23(28-30(20)22-6-4-5-11-32-22)24-25-10-9-21(27-24)29-13-19(16(3)31)26-14-29/h7-10,12-16,22,31H,4-6,11H2,1-3H3. The van der Waals surface area contributed by atoms with Crippen LogP contribution in [-0.2, 0) is 4.74 Å². The maximum absolute atomic E-state index is 9.80. The number of aromatic nitrogens is 6. The lowest BCUT2D eigenvalue weighted by Crippen LogP contribution is -2.19. The predicted octanol–water partition coefficient (Wildman–Crippen LogP) is 4.22. The van der Waals surface area contributed by atoms with Crippen molar-refractivity contribution < 1.29 is 14.6 Å². The minimum atomic E-state index is -0.651. The molecule has 0 saturated carbocycles. The van der Waals surface area contributed by atoms with Crippen LogP contribution in [0.3, 0.4) is 0 Å². The third-order valence-corrected chi connectivity index (χ3v) is 5.63. The number of nitrogens with zero attached hydrogens (tertiary/aromatic N) is 6. The lowest BCUT2D eigenvalue weighted by atomic mass is 10.1. The molecule has 1 aliphatic heterocycles. The molecular weight excluding hydrogens is 420 g/mol. The quantitative estimate of drug-likeness (QED) is 0.471. The van der Waals surface area contributed by atoms with Crippen molar-refractivity contribution in [3.05, 3.63) is 48.7 Å². The first-order valence-electron chi connectivity index (χ1n) is 11.4. The first-order valence-corrected chi connectivity index (χ1v) is 11.4. The second-order valence-electron chi connectivity index (χ2n) is 8.58. The van der Waals surface area contributed by atoms with Gasteiger partial charge in [0.25, 0.3) is 0 Å². The number of hydrogen-bond donors (Lipinski definition) is 1. The Kier molecular flexibility index (Phi) is 5.82. The SMILES string of the molecule is CC(C)Oc1ccc2c(c1)c(-c1nccc(-n3cnc(C(C)O)c3)n1)nn2C1CCCCO1. The van der Waals surface area contributed by atoms with Crippen LogP contribution in [0.25, 0.3) is 28.2 Å². The predicted molar refractivity (Wildman–Crippen MR) is 123 cm³/mol. The molecule has 1 aliphatic rings. The number of aliphatic hydroxyl groups is 1. The van der Waals surface area contributed by atoms with Crippen LogP contribution in [0.5, 0.6) is 5.75 Å². The van der Waals surface area contributed by atoms with Crippen LogP contribution in [0.15, 0.2) is 43.0 Å². The van der Waals surface area contributed by atoms with Gasteiger partial charge in [0, 0.05) is 24.4 Å². The Bertz CT molecular complexity index is 1260. The molecule has 2 unspecified atom stereocenters. The molecule has 0 spiro atoms. The number of aliphatic hydroxyl groups excluding tert-OH is 1. The molecule has 1 N–H and O–H groups in total. The van der Waals surface area contributed by atoms with E-state index in [4.69, 9.17) is 19.6 Å². The monoisotopic (exact) mass is 448 g/mol. The molecular formula is C24H28N6O3. The van der Waals surface area contributed by atoms with E-state index in [1.54, 1.807) is 36.3 Å². The van der Waals surface area contributed by atoms with Crippen molar-refractivity contribution in [3.8, 4) is 23.1 Å². The van der Waals surface area contributed by atoms with E-state index in [1.807, 2.05) is 36.7 Å². The minimum absolute atomic E-state index is 0.0616. The van der Waals surface area contributed by atoms with Crippen molar-refractivity contribution in [3.63, 3.8) is 0 Å². The molecule has 0 aliphatic carbocycles. The van der Waals surface area contributed by atoms with Crippen LogP contribution in [0, 0.1) is 0 Å². The number of rotatable bonds is 6. The number of ether oxygens (including phenoxy) is 2. The van der Waals surface area contributed by atoms with Crippen molar-refractivity contribution in [2.24, 2.45) is 0 Å². The largest absolute Gasteiger partial charge is 0.491 e. The molecule has 172 valence electrons. The van der Waals surface area contributed by atoms with Gasteiger partial charge in [0.1, 0.15) is 23.6 Å². The smallest absolute Gasteiger partial charge is 0.182 e. The Morgan fingerprint density at radius 3 is 2.76 bits per heavy atom. The van der Waals surface area contributed by atoms with E-state index in [0.29, 0.717) is 23.0 Å². The number of hydrogen-bond acceptors (Lipinski definition) is 7. The van der Waals surface area contributed by atoms with Gasteiger partial charge in [-0.1, -0.05) is 0 Å². The molecule has 9 nitrogen and oxygen atoms in total. The van der Waals surface area contributed by atoms with Gasteiger partial charge in [0.2, 0.25) is 0 Å². The lowest BCUT2D eigenvalue weighted by molar-refractivity contribution is -0.0365. The molecule has 2 atom stereocenters.